The highest BCUT2D eigenvalue weighted by atomic mass is 32.2. The van der Waals surface area contributed by atoms with Crippen molar-refractivity contribution in [3.63, 3.8) is 0 Å². The summed E-state index contributed by atoms with van der Waals surface area (Å²) in [6, 6.07) is 0.313. The average Bonchev–Trinajstić information content (AvgIpc) is 2.69. The Morgan fingerprint density at radius 1 is 1.39 bits per heavy atom. The van der Waals surface area contributed by atoms with Crippen LogP contribution in [0.3, 0.4) is 0 Å². The maximum Gasteiger partial charge on any atom is 0.223 e. The molecular formula is C13H21NO3S. The molecule has 0 aromatic rings. The summed E-state index contributed by atoms with van der Waals surface area (Å²) in [5.74, 6) is 1.30. The van der Waals surface area contributed by atoms with Crippen molar-refractivity contribution < 1.29 is 14.7 Å². The summed E-state index contributed by atoms with van der Waals surface area (Å²) in [6.07, 6.45) is 3.85. The molecule has 1 saturated carbocycles. The molecule has 1 aliphatic carbocycles. The highest BCUT2D eigenvalue weighted by Crippen LogP contribution is 2.30. The molecule has 0 bridgehead atoms. The van der Waals surface area contributed by atoms with Crippen LogP contribution in [0.2, 0.25) is 0 Å². The van der Waals surface area contributed by atoms with Crippen molar-refractivity contribution in [1.82, 2.24) is 4.90 Å². The maximum absolute atomic E-state index is 12.0. The van der Waals surface area contributed by atoms with Crippen molar-refractivity contribution >= 4 is 22.8 Å². The molecule has 2 fully saturated rings. The molecule has 1 amide bonds. The number of hydrogen-bond donors (Lipinski definition) is 1. The van der Waals surface area contributed by atoms with Gasteiger partial charge < -0.3 is 10.0 Å². The van der Waals surface area contributed by atoms with Gasteiger partial charge in [-0.2, -0.15) is 0 Å². The van der Waals surface area contributed by atoms with Crippen molar-refractivity contribution in [2.45, 2.75) is 51.2 Å². The van der Waals surface area contributed by atoms with E-state index in [1.807, 2.05) is 4.90 Å². The van der Waals surface area contributed by atoms with E-state index in [9.17, 15) is 14.7 Å². The average molecular weight is 271 g/mol. The first-order valence-electron chi connectivity index (χ1n) is 6.67. The first-order chi connectivity index (χ1) is 8.56. The normalized spacial score (nSPS) is 32.9. The first kappa shape index (κ1) is 13.9. The van der Waals surface area contributed by atoms with Gasteiger partial charge in [-0.1, -0.05) is 11.8 Å². The van der Waals surface area contributed by atoms with Gasteiger partial charge in [0.25, 0.3) is 0 Å². The molecule has 4 nitrogen and oxygen atoms in total. The van der Waals surface area contributed by atoms with Crippen molar-refractivity contribution in [2.24, 2.45) is 5.92 Å². The van der Waals surface area contributed by atoms with Crippen LogP contribution in [0.15, 0.2) is 0 Å². The summed E-state index contributed by atoms with van der Waals surface area (Å²) < 4.78 is 0. The van der Waals surface area contributed by atoms with E-state index in [2.05, 4.69) is 0 Å². The number of carbonyl (C=O) groups excluding carboxylic acids is 2. The third-order valence-corrected chi connectivity index (χ3v) is 4.91. The van der Waals surface area contributed by atoms with Crippen LogP contribution in [0, 0.1) is 5.92 Å². The van der Waals surface area contributed by atoms with E-state index in [4.69, 9.17) is 0 Å². The number of aliphatic hydroxyl groups excluding tert-OH is 1. The smallest absolute Gasteiger partial charge is 0.223 e. The van der Waals surface area contributed by atoms with Gasteiger partial charge in [-0.05, 0) is 31.6 Å². The van der Waals surface area contributed by atoms with E-state index >= 15 is 0 Å². The minimum Gasteiger partial charge on any atom is -0.393 e. The fraction of sp³-hybridized carbons (Fsp3) is 0.846. The highest BCUT2D eigenvalue weighted by molar-refractivity contribution is 8.13. The second-order valence-corrected chi connectivity index (χ2v) is 6.58. The Morgan fingerprint density at radius 2 is 2.06 bits per heavy atom. The maximum atomic E-state index is 12.0. The zero-order valence-electron chi connectivity index (χ0n) is 10.8. The van der Waals surface area contributed by atoms with Gasteiger partial charge in [0.1, 0.15) is 0 Å². The number of thioether (sulfide) groups is 1. The molecule has 1 unspecified atom stereocenters. The summed E-state index contributed by atoms with van der Waals surface area (Å²) in [7, 11) is 0. The Bertz CT molecular complexity index is 326. The zero-order chi connectivity index (χ0) is 13.1. The summed E-state index contributed by atoms with van der Waals surface area (Å²) in [5, 5.41) is 9.62. The van der Waals surface area contributed by atoms with Gasteiger partial charge in [-0.15, -0.1) is 0 Å². The number of carbonyl (C=O) groups is 2. The van der Waals surface area contributed by atoms with E-state index in [1.54, 1.807) is 6.92 Å². The van der Waals surface area contributed by atoms with Crippen LogP contribution in [0.4, 0.5) is 0 Å². The van der Waals surface area contributed by atoms with Crippen LogP contribution in [-0.2, 0) is 9.59 Å². The molecule has 1 saturated heterocycles. The Kier molecular flexibility index (Phi) is 4.67. The molecule has 0 radical (unpaired) electrons. The molecule has 1 atom stereocenters. The Balaban J connectivity index is 1.83. The quantitative estimate of drug-likeness (QED) is 0.843. The molecule has 1 aliphatic heterocycles. The zero-order valence-corrected chi connectivity index (χ0v) is 11.6. The molecule has 18 heavy (non-hydrogen) atoms. The molecule has 0 aromatic carbocycles. The van der Waals surface area contributed by atoms with Crippen LogP contribution in [0.1, 0.15) is 39.0 Å². The fourth-order valence-corrected chi connectivity index (χ4v) is 3.57. The highest BCUT2D eigenvalue weighted by Gasteiger charge is 2.35. The largest absolute Gasteiger partial charge is 0.393 e. The standard InChI is InChI=1S/C13H21NO3S/c1-9(15)18-8-10-6-13(17)14(7-10)11-2-4-12(16)5-3-11/h10-12,16H,2-8H2,1H3. The number of aliphatic hydroxyl groups is 1. The van der Waals surface area contributed by atoms with Crippen LogP contribution < -0.4 is 0 Å². The lowest BCUT2D eigenvalue weighted by atomic mass is 9.92. The second kappa shape index (κ2) is 6.06. The summed E-state index contributed by atoms with van der Waals surface area (Å²) in [5.41, 5.74) is 0. The van der Waals surface area contributed by atoms with E-state index in [1.165, 1.54) is 11.8 Å². The lowest BCUT2D eigenvalue weighted by molar-refractivity contribution is -0.130. The number of rotatable bonds is 3. The predicted octanol–water partition coefficient (Wildman–Crippen LogP) is 1.42. The minimum atomic E-state index is -0.178. The molecule has 2 rings (SSSR count). The van der Waals surface area contributed by atoms with E-state index in [0.717, 1.165) is 38.0 Å². The van der Waals surface area contributed by atoms with Crippen LogP contribution in [-0.4, -0.2) is 45.5 Å². The van der Waals surface area contributed by atoms with Gasteiger partial charge >= 0.3 is 0 Å². The van der Waals surface area contributed by atoms with Gasteiger partial charge in [-0.25, -0.2) is 0 Å². The number of likely N-dealkylation sites (tertiary alicyclic amines) is 1. The van der Waals surface area contributed by atoms with E-state index in [-0.39, 0.29) is 17.1 Å². The number of amides is 1. The molecule has 102 valence electrons. The molecular weight excluding hydrogens is 250 g/mol. The van der Waals surface area contributed by atoms with Crippen LogP contribution >= 0.6 is 11.8 Å². The van der Waals surface area contributed by atoms with Crippen molar-refractivity contribution in [3.8, 4) is 0 Å². The second-order valence-electron chi connectivity index (χ2n) is 5.38. The molecule has 5 heteroatoms. The van der Waals surface area contributed by atoms with Gasteiger partial charge in [0.2, 0.25) is 5.91 Å². The van der Waals surface area contributed by atoms with E-state index in [0.29, 0.717) is 18.4 Å². The number of nitrogens with zero attached hydrogens (tertiary/aromatic N) is 1. The van der Waals surface area contributed by atoms with Crippen LogP contribution in [0.5, 0.6) is 0 Å². The molecule has 0 aromatic heterocycles. The predicted molar refractivity (Wildman–Crippen MR) is 71.2 cm³/mol. The summed E-state index contributed by atoms with van der Waals surface area (Å²) in [6.45, 7) is 2.36. The van der Waals surface area contributed by atoms with Gasteiger partial charge in [0.05, 0.1) is 6.10 Å². The van der Waals surface area contributed by atoms with Crippen molar-refractivity contribution in [2.75, 3.05) is 12.3 Å². The van der Waals surface area contributed by atoms with Crippen molar-refractivity contribution in [1.29, 1.82) is 0 Å². The molecule has 1 N–H and O–H groups in total. The Morgan fingerprint density at radius 3 is 2.67 bits per heavy atom. The number of hydrogen-bond acceptors (Lipinski definition) is 4. The monoisotopic (exact) mass is 271 g/mol. The van der Waals surface area contributed by atoms with Crippen molar-refractivity contribution in [3.05, 3.63) is 0 Å². The Labute approximate surface area is 112 Å². The van der Waals surface area contributed by atoms with E-state index < -0.39 is 0 Å². The van der Waals surface area contributed by atoms with Gasteiger partial charge in [0.15, 0.2) is 5.12 Å². The lowest BCUT2D eigenvalue weighted by Crippen LogP contribution is -2.40. The van der Waals surface area contributed by atoms with Crippen LogP contribution in [0.25, 0.3) is 0 Å². The minimum absolute atomic E-state index is 0.127. The topological polar surface area (TPSA) is 57.6 Å². The first-order valence-corrected chi connectivity index (χ1v) is 7.65. The SMILES string of the molecule is CC(=O)SCC1CC(=O)N(C2CCC(O)CC2)C1. The molecule has 1 heterocycles. The van der Waals surface area contributed by atoms with Gasteiger partial charge in [-0.3, -0.25) is 9.59 Å². The third kappa shape index (κ3) is 3.48. The third-order valence-electron chi connectivity index (χ3n) is 3.87. The Hall–Kier alpha value is -0.550. The lowest BCUT2D eigenvalue weighted by Gasteiger charge is -2.33. The summed E-state index contributed by atoms with van der Waals surface area (Å²) in [4.78, 5) is 24.9. The fourth-order valence-electron chi connectivity index (χ4n) is 2.88. The van der Waals surface area contributed by atoms with Gasteiger partial charge in [0, 0.05) is 31.7 Å². The summed E-state index contributed by atoms with van der Waals surface area (Å²) >= 11 is 1.32. The molecule has 0 spiro atoms. The molecule has 2 aliphatic rings.